The van der Waals surface area contributed by atoms with Gasteiger partial charge in [0, 0.05) is 6.54 Å². The Hall–Kier alpha value is -0.850. The third-order valence-corrected chi connectivity index (χ3v) is 1.49. The van der Waals surface area contributed by atoms with Crippen molar-refractivity contribution in [3.05, 3.63) is 0 Å². The van der Waals surface area contributed by atoms with Crippen LogP contribution in [0.4, 0.5) is 4.79 Å². The van der Waals surface area contributed by atoms with Crippen LogP contribution in [0.25, 0.3) is 0 Å². The highest BCUT2D eigenvalue weighted by molar-refractivity contribution is 5.67. The predicted octanol–water partition coefficient (Wildman–Crippen LogP) is -0.775. The highest BCUT2D eigenvalue weighted by atomic mass is 16.6. The van der Waals surface area contributed by atoms with Gasteiger partial charge in [-0.05, 0) is 20.8 Å². The number of aliphatic hydroxyl groups is 3. The molecule has 4 N–H and O–H groups in total. The molecule has 6 heteroatoms. The van der Waals surface area contributed by atoms with E-state index in [-0.39, 0.29) is 6.54 Å². The monoisotopic (exact) mass is 221 g/mol. The summed E-state index contributed by atoms with van der Waals surface area (Å²) >= 11 is 0. The Kier molecular flexibility index (Phi) is 5.56. The van der Waals surface area contributed by atoms with Gasteiger partial charge in [0.05, 0.1) is 12.7 Å². The van der Waals surface area contributed by atoms with Crippen molar-refractivity contribution in [1.29, 1.82) is 0 Å². The fraction of sp³-hybridized carbons (Fsp3) is 0.889. The van der Waals surface area contributed by atoms with Gasteiger partial charge in [-0.15, -0.1) is 0 Å². The molecule has 0 saturated carbocycles. The van der Waals surface area contributed by atoms with Crippen LogP contribution in [0.15, 0.2) is 0 Å². The van der Waals surface area contributed by atoms with Crippen molar-refractivity contribution in [2.24, 2.45) is 0 Å². The molecule has 90 valence electrons. The quantitative estimate of drug-likeness (QED) is 0.499. The van der Waals surface area contributed by atoms with Gasteiger partial charge in [0.2, 0.25) is 0 Å². The van der Waals surface area contributed by atoms with Gasteiger partial charge in [0.15, 0.2) is 0 Å². The second-order valence-corrected chi connectivity index (χ2v) is 4.20. The smallest absolute Gasteiger partial charge is 0.407 e. The molecular formula is C9H19NO5. The molecule has 0 spiro atoms. The fourth-order valence-corrected chi connectivity index (χ4v) is 0.760. The summed E-state index contributed by atoms with van der Waals surface area (Å²) < 4.78 is 4.90. The summed E-state index contributed by atoms with van der Waals surface area (Å²) in [5, 5.41) is 28.9. The van der Waals surface area contributed by atoms with Crippen LogP contribution in [0, 0.1) is 0 Å². The predicted molar refractivity (Wildman–Crippen MR) is 53.3 cm³/mol. The lowest BCUT2D eigenvalue weighted by Gasteiger charge is -2.21. The summed E-state index contributed by atoms with van der Waals surface area (Å²) in [4.78, 5) is 11.1. The average molecular weight is 221 g/mol. The van der Waals surface area contributed by atoms with Crippen LogP contribution in [0.1, 0.15) is 20.8 Å². The molecule has 0 unspecified atom stereocenters. The zero-order valence-electron chi connectivity index (χ0n) is 9.23. The molecule has 0 aliphatic rings. The summed E-state index contributed by atoms with van der Waals surface area (Å²) in [6, 6.07) is 0. The van der Waals surface area contributed by atoms with Gasteiger partial charge in [0.25, 0.3) is 0 Å². The summed E-state index contributed by atoms with van der Waals surface area (Å²) in [6.07, 6.45) is -3.14. The summed E-state index contributed by atoms with van der Waals surface area (Å²) in [5.41, 5.74) is -0.607. The second kappa shape index (κ2) is 5.89. The molecule has 0 radical (unpaired) electrons. The van der Waals surface area contributed by atoms with Crippen LogP contribution < -0.4 is 5.32 Å². The van der Waals surface area contributed by atoms with E-state index in [1.165, 1.54) is 0 Å². The van der Waals surface area contributed by atoms with E-state index in [1.807, 2.05) is 0 Å². The Morgan fingerprint density at radius 2 is 1.87 bits per heavy atom. The van der Waals surface area contributed by atoms with Crippen molar-refractivity contribution in [1.82, 2.24) is 5.32 Å². The largest absolute Gasteiger partial charge is 0.444 e. The number of carbonyl (C=O) groups is 1. The Morgan fingerprint density at radius 3 is 2.27 bits per heavy atom. The van der Waals surface area contributed by atoms with Crippen molar-refractivity contribution in [3.63, 3.8) is 0 Å². The number of ether oxygens (including phenoxy) is 1. The third-order valence-electron chi connectivity index (χ3n) is 1.49. The molecule has 2 atom stereocenters. The highest BCUT2D eigenvalue weighted by Gasteiger charge is 2.19. The first-order chi connectivity index (χ1) is 6.76. The van der Waals surface area contributed by atoms with Gasteiger partial charge in [-0.2, -0.15) is 0 Å². The molecule has 6 nitrogen and oxygen atoms in total. The van der Waals surface area contributed by atoms with Crippen molar-refractivity contribution in [3.8, 4) is 0 Å². The number of carbonyl (C=O) groups excluding carboxylic acids is 1. The van der Waals surface area contributed by atoms with E-state index >= 15 is 0 Å². The number of aliphatic hydroxyl groups excluding tert-OH is 3. The zero-order valence-corrected chi connectivity index (χ0v) is 9.23. The number of hydrogen-bond donors (Lipinski definition) is 4. The molecule has 0 bridgehead atoms. The van der Waals surface area contributed by atoms with Crippen LogP contribution >= 0.6 is 0 Å². The summed E-state index contributed by atoms with van der Waals surface area (Å²) in [6.45, 7) is 4.41. The molecular weight excluding hydrogens is 202 g/mol. The number of rotatable bonds is 4. The van der Waals surface area contributed by atoms with Crippen LogP contribution in [0.5, 0.6) is 0 Å². The maximum absolute atomic E-state index is 11.1. The van der Waals surface area contributed by atoms with E-state index in [0.717, 1.165) is 0 Å². The highest BCUT2D eigenvalue weighted by Crippen LogP contribution is 2.06. The van der Waals surface area contributed by atoms with E-state index in [2.05, 4.69) is 5.32 Å². The molecule has 0 aromatic rings. The van der Waals surface area contributed by atoms with Gasteiger partial charge in [-0.3, -0.25) is 0 Å². The van der Waals surface area contributed by atoms with Crippen molar-refractivity contribution in [2.45, 2.75) is 38.6 Å². The van der Waals surface area contributed by atoms with Crippen molar-refractivity contribution >= 4 is 6.09 Å². The van der Waals surface area contributed by atoms with Gasteiger partial charge in [-0.1, -0.05) is 0 Å². The van der Waals surface area contributed by atoms with Gasteiger partial charge in [-0.25, -0.2) is 4.79 Å². The number of amides is 1. The molecule has 0 heterocycles. The Morgan fingerprint density at radius 1 is 1.33 bits per heavy atom. The van der Waals surface area contributed by atoms with E-state index in [1.54, 1.807) is 20.8 Å². The fourth-order valence-electron chi connectivity index (χ4n) is 0.760. The molecule has 0 saturated heterocycles. The molecule has 0 rings (SSSR count). The first kappa shape index (κ1) is 14.2. The maximum atomic E-state index is 11.1. The van der Waals surface area contributed by atoms with E-state index in [9.17, 15) is 9.90 Å². The molecule has 0 aromatic carbocycles. The second-order valence-electron chi connectivity index (χ2n) is 4.20. The lowest BCUT2D eigenvalue weighted by molar-refractivity contribution is -0.0149. The average Bonchev–Trinajstić information content (AvgIpc) is 2.10. The Labute approximate surface area is 88.9 Å². The first-order valence-corrected chi connectivity index (χ1v) is 4.70. The minimum absolute atomic E-state index is 0.170. The van der Waals surface area contributed by atoms with Crippen LogP contribution in [-0.2, 0) is 4.74 Å². The van der Waals surface area contributed by atoms with Crippen LogP contribution in [-0.4, -0.2) is 52.4 Å². The minimum Gasteiger partial charge on any atom is -0.444 e. The van der Waals surface area contributed by atoms with Gasteiger partial charge < -0.3 is 25.4 Å². The van der Waals surface area contributed by atoms with Gasteiger partial charge in [0.1, 0.15) is 11.7 Å². The third kappa shape index (κ3) is 7.12. The topological polar surface area (TPSA) is 99.0 Å². The Balaban J connectivity index is 3.81. The zero-order chi connectivity index (χ0) is 12.1. The molecule has 15 heavy (non-hydrogen) atoms. The minimum atomic E-state index is -1.26. The maximum Gasteiger partial charge on any atom is 0.407 e. The molecule has 0 aromatic heterocycles. The normalized spacial score (nSPS) is 15.6. The van der Waals surface area contributed by atoms with Gasteiger partial charge >= 0.3 is 6.09 Å². The summed E-state index contributed by atoms with van der Waals surface area (Å²) in [7, 11) is 0. The molecule has 0 aliphatic carbocycles. The molecule has 0 aliphatic heterocycles. The lowest BCUT2D eigenvalue weighted by Crippen LogP contribution is -2.42. The standard InChI is InChI=1S/C9H19NO5/c1-9(2,3)15-8(14)10-4-6(12)7(13)5-11/h6-7,11-13H,4-5H2,1-3H3,(H,10,14)/t6-,7+/m0/s1. The SMILES string of the molecule is CC(C)(C)OC(=O)NC[C@H](O)[C@H](O)CO. The Bertz CT molecular complexity index is 201. The summed E-state index contributed by atoms with van der Waals surface area (Å²) in [5.74, 6) is 0. The number of nitrogens with one attached hydrogen (secondary N) is 1. The van der Waals surface area contributed by atoms with Crippen LogP contribution in [0.2, 0.25) is 0 Å². The van der Waals surface area contributed by atoms with Crippen LogP contribution in [0.3, 0.4) is 0 Å². The lowest BCUT2D eigenvalue weighted by atomic mass is 10.2. The van der Waals surface area contributed by atoms with Crippen molar-refractivity contribution in [2.75, 3.05) is 13.2 Å². The number of alkyl carbamates (subject to hydrolysis) is 1. The first-order valence-electron chi connectivity index (χ1n) is 4.70. The number of hydrogen-bond acceptors (Lipinski definition) is 5. The molecule has 0 fully saturated rings. The van der Waals surface area contributed by atoms with E-state index < -0.39 is 30.5 Å². The van der Waals surface area contributed by atoms with E-state index in [4.69, 9.17) is 14.9 Å². The van der Waals surface area contributed by atoms with E-state index in [0.29, 0.717) is 0 Å². The molecule has 1 amide bonds. The van der Waals surface area contributed by atoms with Crippen molar-refractivity contribution < 1.29 is 24.9 Å².